The molecule has 0 bridgehead atoms. The number of hydrogen-bond donors (Lipinski definition) is 2. The standard InChI is InChI=1S/C11H11BrN6/c1-6(18-5-14-4-15-18)11-16-9-3-7(12)2-8(13)10(9)17-11/h2-6H,13H2,1H3,(H,16,17). The molecule has 92 valence electrons. The molecule has 3 N–H and O–H groups in total. The van der Waals surface area contributed by atoms with E-state index >= 15 is 0 Å². The van der Waals surface area contributed by atoms with Crippen molar-refractivity contribution >= 4 is 32.7 Å². The van der Waals surface area contributed by atoms with Crippen LogP contribution in [0, 0.1) is 0 Å². The second-order valence-electron chi connectivity index (χ2n) is 4.06. The van der Waals surface area contributed by atoms with Gasteiger partial charge in [0.25, 0.3) is 0 Å². The largest absolute Gasteiger partial charge is 0.397 e. The van der Waals surface area contributed by atoms with Crippen LogP contribution >= 0.6 is 15.9 Å². The quantitative estimate of drug-likeness (QED) is 0.710. The number of nitrogens with two attached hydrogens (primary N) is 1. The molecule has 6 nitrogen and oxygen atoms in total. The number of fused-ring (bicyclic) bond motifs is 1. The van der Waals surface area contributed by atoms with Crippen LogP contribution in [0.3, 0.4) is 0 Å². The molecule has 0 saturated heterocycles. The normalized spacial score (nSPS) is 13.0. The Balaban J connectivity index is 2.11. The molecule has 2 heterocycles. The van der Waals surface area contributed by atoms with E-state index in [0.717, 1.165) is 21.3 Å². The lowest BCUT2D eigenvalue weighted by molar-refractivity contribution is 0.541. The second kappa shape index (κ2) is 4.09. The van der Waals surface area contributed by atoms with Crippen LogP contribution in [0.25, 0.3) is 11.0 Å². The van der Waals surface area contributed by atoms with Crippen molar-refractivity contribution in [1.29, 1.82) is 0 Å². The summed E-state index contributed by atoms with van der Waals surface area (Å²) in [6.45, 7) is 2.00. The molecule has 0 aliphatic heterocycles. The van der Waals surface area contributed by atoms with Gasteiger partial charge in [0.2, 0.25) is 0 Å². The molecule has 2 aromatic heterocycles. The van der Waals surface area contributed by atoms with Gasteiger partial charge in [-0.3, -0.25) is 0 Å². The van der Waals surface area contributed by atoms with Crippen molar-refractivity contribution in [3.8, 4) is 0 Å². The summed E-state index contributed by atoms with van der Waals surface area (Å²) in [5.74, 6) is 0.806. The summed E-state index contributed by atoms with van der Waals surface area (Å²) in [7, 11) is 0. The summed E-state index contributed by atoms with van der Waals surface area (Å²) in [5.41, 5.74) is 8.27. The minimum absolute atomic E-state index is 0.0157. The predicted molar refractivity (Wildman–Crippen MR) is 72.0 cm³/mol. The molecule has 0 spiro atoms. The van der Waals surface area contributed by atoms with E-state index in [1.54, 1.807) is 11.0 Å². The van der Waals surface area contributed by atoms with E-state index in [9.17, 15) is 0 Å². The molecule has 1 unspecified atom stereocenters. The summed E-state index contributed by atoms with van der Waals surface area (Å²) in [6.07, 6.45) is 3.17. The maximum Gasteiger partial charge on any atom is 0.137 e. The Labute approximate surface area is 111 Å². The highest BCUT2D eigenvalue weighted by Gasteiger charge is 2.14. The summed E-state index contributed by atoms with van der Waals surface area (Å²) in [6, 6.07) is 3.78. The van der Waals surface area contributed by atoms with Crippen LogP contribution in [-0.2, 0) is 0 Å². The number of aromatic amines is 1. The third-order valence-electron chi connectivity index (χ3n) is 2.83. The van der Waals surface area contributed by atoms with Crippen LogP contribution in [0.15, 0.2) is 29.3 Å². The van der Waals surface area contributed by atoms with E-state index in [4.69, 9.17) is 5.73 Å². The number of aromatic nitrogens is 5. The third-order valence-corrected chi connectivity index (χ3v) is 3.29. The van der Waals surface area contributed by atoms with Crippen LogP contribution in [0.1, 0.15) is 18.8 Å². The fraction of sp³-hybridized carbons (Fsp3) is 0.182. The summed E-state index contributed by atoms with van der Waals surface area (Å²) in [4.78, 5) is 11.7. The molecule has 0 amide bonds. The van der Waals surface area contributed by atoms with Crippen molar-refractivity contribution in [2.24, 2.45) is 0 Å². The molecule has 1 aromatic carbocycles. The van der Waals surface area contributed by atoms with Crippen molar-refractivity contribution in [2.45, 2.75) is 13.0 Å². The third kappa shape index (κ3) is 1.76. The molecule has 1 atom stereocenters. The monoisotopic (exact) mass is 306 g/mol. The van der Waals surface area contributed by atoms with Crippen LogP contribution in [0.4, 0.5) is 5.69 Å². The minimum atomic E-state index is -0.0157. The molecule has 0 radical (unpaired) electrons. The zero-order chi connectivity index (χ0) is 12.7. The van der Waals surface area contributed by atoms with Gasteiger partial charge in [-0.15, -0.1) is 0 Å². The number of nitrogen functional groups attached to an aromatic ring is 1. The second-order valence-corrected chi connectivity index (χ2v) is 4.98. The number of halogens is 1. The lowest BCUT2D eigenvalue weighted by Gasteiger charge is -2.06. The molecule has 3 rings (SSSR count). The lowest BCUT2D eigenvalue weighted by Crippen LogP contribution is -2.08. The fourth-order valence-corrected chi connectivity index (χ4v) is 2.34. The summed E-state index contributed by atoms with van der Waals surface area (Å²) < 4.78 is 2.67. The van der Waals surface area contributed by atoms with Gasteiger partial charge in [0.05, 0.1) is 11.2 Å². The Bertz CT molecular complexity index is 687. The maximum absolute atomic E-state index is 5.94. The van der Waals surface area contributed by atoms with E-state index < -0.39 is 0 Å². The predicted octanol–water partition coefficient (Wildman–Crippen LogP) is 2.11. The number of anilines is 1. The van der Waals surface area contributed by atoms with Gasteiger partial charge in [0.1, 0.15) is 30.0 Å². The average molecular weight is 307 g/mol. The van der Waals surface area contributed by atoms with Crippen LogP contribution < -0.4 is 5.73 Å². The number of hydrogen-bond acceptors (Lipinski definition) is 4. The maximum atomic E-state index is 5.94. The lowest BCUT2D eigenvalue weighted by atomic mass is 10.3. The SMILES string of the molecule is CC(c1nc2c(N)cc(Br)cc2[nH]1)n1cncn1. The van der Waals surface area contributed by atoms with E-state index in [0.29, 0.717) is 5.69 Å². The highest BCUT2D eigenvalue weighted by Crippen LogP contribution is 2.26. The van der Waals surface area contributed by atoms with E-state index in [1.165, 1.54) is 6.33 Å². The molecule has 0 aliphatic carbocycles. The molecular weight excluding hydrogens is 296 g/mol. The number of benzene rings is 1. The van der Waals surface area contributed by atoms with Crippen LogP contribution in [0.2, 0.25) is 0 Å². The van der Waals surface area contributed by atoms with Gasteiger partial charge in [-0.1, -0.05) is 15.9 Å². The Morgan fingerprint density at radius 3 is 3.00 bits per heavy atom. The molecule has 7 heteroatoms. The topological polar surface area (TPSA) is 85.4 Å². The first kappa shape index (κ1) is 11.2. The highest BCUT2D eigenvalue weighted by molar-refractivity contribution is 9.10. The van der Waals surface area contributed by atoms with Crippen LogP contribution in [0.5, 0.6) is 0 Å². The molecule has 18 heavy (non-hydrogen) atoms. The smallest absolute Gasteiger partial charge is 0.137 e. The summed E-state index contributed by atoms with van der Waals surface area (Å²) >= 11 is 3.41. The average Bonchev–Trinajstić information content (AvgIpc) is 2.96. The fourth-order valence-electron chi connectivity index (χ4n) is 1.87. The zero-order valence-electron chi connectivity index (χ0n) is 9.63. The van der Waals surface area contributed by atoms with Gasteiger partial charge in [0, 0.05) is 4.47 Å². The van der Waals surface area contributed by atoms with Gasteiger partial charge in [-0.25, -0.2) is 14.6 Å². The van der Waals surface area contributed by atoms with Crippen molar-refractivity contribution in [1.82, 2.24) is 24.7 Å². The van der Waals surface area contributed by atoms with Gasteiger partial charge >= 0.3 is 0 Å². The minimum Gasteiger partial charge on any atom is -0.397 e. The molecule has 0 aliphatic rings. The number of H-pyrrole nitrogens is 1. The Hall–Kier alpha value is -1.89. The van der Waals surface area contributed by atoms with Gasteiger partial charge in [0.15, 0.2) is 0 Å². The van der Waals surface area contributed by atoms with Crippen molar-refractivity contribution in [3.63, 3.8) is 0 Å². The van der Waals surface area contributed by atoms with E-state index in [1.807, 2.05) is 19.1 Å². The van der Waals surface area contributed by atoms with Crippen LogP contribution in [-0.4, -0.2) is 24.7 Å². The zero-order valence-corrected chi connectivity index (χ0v) is 11.2. The number of imidazole rings is 1. The number of rotatable bonds is 2. The first-order valence-electron chi connectivity index (χ1n) is 5.44. The van der Waals surface area contributed by atoms with Gasteiger partial charge in [-0.2, -0.15) is 5.10 Å². The van der Waals surface area contributed by atoms with Crippen molar-refractivity contribution in [3.05, 3.63) is 35.1 Å². The first-order valence-corrected chi connectivity index (χ1v) is 6.23. The molecular formula is C11H11BrN6. The van der Waals surface area contributed by atoms with E-state index in [-0.39, 0.29) is 6.04 Å². The first-order chi connectivity index (χ1) is 8.65. The highest BCUT2D eigenvalue weighted by atomic mass is 79.9. The van der Waals surface area contributed by atoms with Gasteiger partial charge < -0.3 is 10.7 Å². The Morgan fingerprint density at radius 2 is 2.28 bits per heavy atom. The molecule has 0 saturated carbocycles. The number of nitrogens with zero attached hydrogens (tertiary/aromatic N) is 4. The Morgan fingerprint density at radius 1 is 1.44 bits per heavy atom. The number of nitrogens with one attached hydrogen (secondary N) is 1. The molecule has 0 fully saturated rings. The molecule has 3 aromatic rings. The Kier molecular flexibility index (Phi) is 2.55. The van der Waals surface area contributed by atoms with Crippen molar-refractivity contribution in [2.75, 3.05) is 5.73 Å². The summed E-state index contributed by atoms with van der Waals surface area (Å²) in [5, 5.41) is 4.11. The van der Waals surface area contributed by atoms with E-state index in [2.05, 4.69) is 36.0 Å². The van der Waals surface area contributed by atoms with Crippen molar-refractivity contribution < 1.29 is 0 Å². The van der Waals surface area contributed by atoms with Gasteiger partial charge in [-0.05, 0) is 19.1 Å².